The first-order chi connectivity index (χ1) is 18.2. The number of nitrogens with one attached hydrogen (secondary N) is 1. The van der Waals surface area contributed by atoms with Gasteiger partial charge in [-0.25, -0.2) is 9.97 Å². The molecule has 0 unspecified atom stereocenters. The zero-order valence-corrected chi connectivity index (χ0v) is 21.9. The Kier molecular flexibility index (Phi) is 9.60. The summed E-state index contributed by atoms with van der Waals surface area (Å²) >= 11 is 0. The van der Waals surface area contributed by atoms with Gasteiger partial charge in [0.25, 0.3) is 0 Å². The van der Waals surface area contributed by atoms with Gasteiger partial charge in [0.15, 0.2) is 23.0 Å². The van der Waals surface area contributed by atoms with Gasteiger partial charge < -0.3 is 29.2 Å². The van der Waals surface area contributed by atoms with Crippen LogP contribution in [0.15, 0.2) is 60.8 Å². The van der Waals surface area contributed by atoms with E-state index in [2.05, 4.69) is 41.2 Å². The van der Waals surface area contributed by atoms with Gasteiger partial charge in [-0.15, -0.1) is 0 Å². The van der Waals surface area contributed by atoms with Crippen LogP contribution in [-0.4, -0.2) is 61.4 Å². The van der Waals surface area contributed by atoms with Crippen molar-refractivity contribution >= 4 is 11.6 Å². The van der Waals surface area contributed by atoms with Crippen molar-refractivity contribution in [2.24, 2.45) is 0 Å². The van der Waals surface area contributed by atoms with E-state index in [1.807, 2.05) is 42.5 Å². The van der Waals surface area contributed by atoms with Crippen LogP contribution < -0.4 is 24.3 Å². The fourth-order valence-corrected chi connectivity index (χ4v) is 4.01. The molecule has 3 aromatic rings. The number of anilines is 2. The van der Waals surface area contributed by atoms with Crippen molar-refractivity contribution in [3.8, 4) is 34.3 Å². The van der Waals surface area contributed by atoms with Gasteiger partial charge in [-0.2, -0.15) is 0 Å². The third-order valence-corrected chi connectivity index (χ3v) is 6.13. The van der Waals surface area contributed by atoms with Gasteiger partial charge in [-0.1, -0.05) is 26.0 Å². The maximum Gasteiger partial charge on any atom is 0.227 e. The second-order valence-electron chi connectivity index (χ2n) is 8.54. The van der Waals surface area contributed by atoms with Crippen LogP contribution in [0, 0.1) is 0 Å². The molecule has 0 radical (unpaired) electrons. The molecule has 0 amide bonds. The molecule has 6 bridgehead atoms. The molecule has 0 fully saturated rings. The fourth-order valence-electron chi connectivity index (χ4n) is 4.01. The Morgan fingerprint density at radius 1 is 0.919 bits per heavy atom. The largest absolute Gasteiger partial charge is 0.493 e. The molecule has 2 aromatic carbocycles. The van der Waals surface area contributed by atoms with Crippen LogP contribution in [0.1, 0.15) is 26.7 Å². The van der Waals surface area contributed by atoms with Crippen LogP contribution in [0.3, 0.4) is 0 Å². The Balaban J connectivity index is 1.60. The van der Waals surface area contributed by atoms with Crippen LogP contribution in [0.2, 0.25) is 0 Å². The molecule has 0 atom stereocenters. The zero-order chi connectivity index (χ0) is 25.9. The second kappa shape index (κ2) is 13.5. The van der Waals surface area contributed by atoms with Crippen molar-refractivity contribution in [3.05, 3.63) is 60.8 Å². The number of methoxy groups -OCH3 is 1. The third-order valence-electron chi connectivity index (χ3n) is 6.13. The normalized spacial score (nSPS) is 14.4. The van der Waals surface area contributed by atoms with E-state index in [1.54, 1.807) is 13.3 Å². The summed E-state index contributed by atoms with van der Waals surface area (Å²) < 4.78 is 23.7. The summed E-state index contributed by atoms with van der Waals surface area (Å²) in [6.45, 7) is 8.86. The molecule has 8 nitrogen and oxygen atoms in total. The number of rotatable bonds is 7. The fraction of sp³-hybridized carbons (Fsp3) is 0.379. The first kappa shape index (κ1) is 26.3. The minimum atomic E-state index is 0.487. The number of nitrogens with zero attached hydrogens (tertiary/aromatic N) is 3. The van der Waals surface area contributed by atoms with E-state index in [9.17, 15) is 0 Å². The quantitative estimate of drug-likeness (QED) is 0.409. The van der Waals surface area contributed by atoms with Crippen LogP contribution in [0.5, 0.6) is 23.0 Å². The number of hydrogen-bond acceptors (Lipinski definition) is 8. The van der Waals surface area contributed by atoms with Crippen LogP contribution >= 0.6 is 0 Å². The molecular formula is C29H36N4O4. The highest BCUT2D eigenvalue weighted by Crippen LogP contribution is 2.34. The van der Waals surface area contributed by atoms with Crippen molar-refractivity contribution < 1.29 is 18.9 Å². The lowest BCUT2D eigenvalue weighted by molar-refractivity contribution is 0.213. The number of hydrogen-bond donors (Lipinski definition) is 1. The van der Waals surface area contributed by atoms with Crippen LogP contribution in [-0.2, 0) is 0 Å². The van der Waals surface area contributed by atoms with Crippen molar-refractivity contribution in [1.82, 2.24) is 14.9 Å². The number of aromatic nitrogens is 2. The molecule has 8 heteroatoms. The van der Waals surface area contributed by atoms with Gasteiger partial charge in [-0.05, 0) is 62.3 Å². The maximum atomic E-state index is 6.13. The maximum absolute atomic E-state index is 6.13. The first-order valence-corrected chi connectivity index (χ1v) is 12.9. The topological polar surface area (TPSA) is 78.0 Å². The third kappa shape index (κ3) is 7.36. The monoisotopic (exact) mass is 504 g/mol. The van der Waals surface area contributed by atoms with Crippen molar-refractivity contribution in [3.63, 3.8) is 0 Å². The smallest absolute Gasteiger partial charge is 0.227 e. The van der Waals surface area contributed by atoms with Crippen LogP contribution in [0.4, 0.5) is 11.6 Å². The highest BCUT2D eigenvalue weighted by atomic mass is 16.5. The molecule has 0 saturated heterocycles. The Morgan fingerprint density at radius 3 is 2.38 bits per heavy atom. The molecule has 1 N–H and O–H groups in total. The van der Waals surface area contributed by atoms with Crippen molar-refractivity contribution in [2.75, 3.05) is 51.9 Å². The molecule has 196 valence electrons. The second-order valence-corrected chi connectivity index (χ2v) is 8.54. The lowest BCUT2D eigenvalue weighted by Crippen LogP contribution is -2.28. The molecule has 37 heavy (non-hydrogen) atoms. The SMILES string of the molecule is CCN(CC)CCOc1ccc2cc1OCC/C=C\CCOc1cc(ccc1OC)-c1ccnc(n1)N2. The summed E-state index contributed by atoms with van der Waals surface area (Å²) in [7, 11) is 1.64. The molecule has 0 aliphatic carbocycles. The zero-order valence-electron chi connectivity index (χ0n) is 21.9. The van der Waals surface area contributed by atoms with Crippen molar-refractivity contribution in [2.45, 2.75) is 26.7 Å². The van der Waals surface area contributed by atoms with Gasteiger partial charge in [-0.3, -0.25) is 0 Å². The Morgan fingerprint density at radius 2 is 1.65 bits per heavy atom. The van der Waals surface area contributed by atoms with E-state index >= 15 is 0 Å². The van der Waals surface area contributed by atoms with E-state index < -0.39 is 0 Å². The van der Waals surface area contributed by atoms with Crippen molar-refractivity contribution in [1.29, 1.82) is 0 Å². The predicted octanol–water partition coefficient (Wildman–Crippen LogP) is 5.72. The molecule has 2 heterocycles. The van der Waals surface area contributed by atoms with E-state index in [1.165, 1.54) is 0 Å². The average molecular weight is 505 g/mol. The molecule has 0 spiro atoms. The minimum Gasteiger partial charge on any atom is -0.493 e. The van der Waals surface area contributed by atoms with Crippen LogP contribution in [0.25, 0.3) is 11.3 Å². The highest BCUT2D eigenvalue weighted by molar-refractivity contribution is 5.66. The Labute approximate surface area is 219 Å². The molecule has 4 rings (SSSR count). The summed E-state index contributed by atoms with van der Waals surface area (Å²) in [4.78, 5) is 11.5. The lowest BCUT2D eigenvalue weighted by atomic mass is 10.1. The summed E-state index contributed by atoms with van der Waals surface area (Å²) in [5.74, 6) is 3.28. The summed E-state index contributed by atoms with van der Waals surface area (Å²) in [5, 5.41) is 3.30. The Bertz CT molecular complexity index is 1180. The predicted molar refractivity (Wildman–Crippen MR) is 146 cm³/mol. The average Bonchev–Trinajstić information content (AvgIpc) is 2.93. The van der Waals surface area contributed by atoms with E-state index in [0.29, 0.717) is 43.0 Å². The molecule has 1 aromatic heterocycles. The number of likely N-dealkylation sites (N-methyl/N-ethyl adjacent to an activating group) is 1. The van der Waals surface area contributed by atoms with Gasteiger partial charge >= 0.3 is 0 Å². The summed E-state index contributed by atoms with van der Waals surface area (Å²) in [6, 6.07) is 13.5. The summed E-state index contributed by atoms with van der Waals surface area (Å²) in [5.41, 5.74) is 2.51. The molecule has 1 aliphatic rings. The lowest BCUT2D eigenvalue weighted by Gasteiger charge is -2.19. The Hall–Kier alpha value is -3.78. The van der Waals surface area contributed by atoms with Gasteiger partial charge in [0, 0.05) is 30.1 Å². The number of benzene rings is 2. The summed E-state index contributed by atoms with van der Waals surface area (Å²) in [6.07, 6.45) is 7.52. The van der Waals surface area contributed by atoms with E-state index in [4.69, 9.17) is 23.9 Å². The van der Waals surface area contributed by atoms with Gasteiger partial charge in [0.2, 0.25) is 5.95 Å². The standard InChI is InChI=1S/C29H36N4O4/c1-4-33(5-2)16-19-37-26-13-11-23-21-28(26)36-18-9-7-6-8-17-35-27-20-22(10-12-25(27)34-3)24-14-15-30-29(31-23)32-24/h6-7,10-15,20-21H,4-5,8-9,16-19H2,1-3H3,(H,30,31,32)/b7-6-. The van der Waals surface area contributed by atoms with E-state index in [-0.39, 0.29) is 0 Å². The highest BCUT2D eigenvalue weighted by Gasteiger charge is 2.12. The molecular weight excluding hydrogens is 468 g/mol. The van der Waals surface area contributed by atoms with E-state index in [0.717, 1.165) is 55.2 Å². The van der Waals surface area contributed by atoms with Gasteiger partial charge in [0.05, 0.1) is 26.0 Å². The number of fused-ring (bicyclic) bond motifs is 7. The minimum absolute atomic E-state index is 0.487. The van der Waals surface area contributed by atoms with Gasteiger partial charge in [0.1, 0.15) is 6.61 Å². The number of ether oxygens (including phenoxy) is 4. The molecule has 1 aliphatic heterocycles. The molecule has 0 saturated carbocycles. The first-order valence-electron chi connectivity index (χ1n) is 12.9.